The van der Waals surface area contributed by atoms with Crippen molar-refractivity contribution in [2.24, 2.45) is 5.41 Å². The monoisotopic (exact) mass is 277 g/mol. The molecule has 2 N–H and O–H groups in total. The first-order valence-corrected chi connectivity index (χ1v) is 6.70. The Kier molecular flexibility index (Phi) is 4.04. The number of nitro groups is 1. The summed E-state index contributed by atoms with van der Waals surface area (Å²) in [5.41, 5.74) is 0.846. The summed E-state index contributed by atoms with van der Waals surface area (Å²) in [4.78, 5) is 22.7. The average molecular weight is 277 g/mol. The maximum absolute atomic E-state index is 12.3. The molecule has 2 rings (SSSR count). The standard InChI is InChI=1S/C14H19N3O3/c1-10-9-11(3-4-12(10)17(19)20)16-13(18)14(2)5-7-15-8-6-14/h3-4,9,15H,5-8H2,1-2H3,(H,16,18). The molecular weight excluding hydrogens is 258 g/mol. The quantitative estimate of drug-likeness (QED) is 0.655. The number of nitrogens with one attached hydrogen (secondary N) is 2. The van der Waals surface area contributed by atoms with Gasteiger partial charge in [-0.3, -0.25) is 14.9 Å². The number of carbonyl (C=O) groups excluding carboxylic acids is 1. The summed E-state index contributed by atoms with van der Waals surface area (Å²) in [6.07, 6.45) is 1.59. The highest BCUT2D eigenvalue weighted by molar-refractivity contribution is 5.95. The molecular formula is C14H19N3O3. The fraction of sp³-hybridized carbons (Fsp3) is 0.500. The highest BCUT2D eigenvalue weighted by Gasteiger charge is 2.34. The van der Waals surface area contributed by atoms with Crippen molar-refractivity contribution in [2.45, 2.75) is 26.7 Å². The van der Waals surface area contributed by atoms with Gasteiger partial charge in [0.25, 0.3) is 5.69 Å². The summed E-state index contributed by atoms with van der Waals surface area (Å²) in [5, 5.41) is 16.9. The zero-order chi connectivity index (χ0) is 14.8. The fourth-order valence-corrected chi connectivity index (χ4v) is 2.43. The lowest BCUT2D eigenvalue weighted by atomic mass is 9.80. The Bertz CT molecular complexity index is 536. The second-order valence-electron chi connectivity index (χ2n) is 5.52. The summed E-state index contributed by atoms with van der Waals surface area (Å²) >= 11 is 0. The van der Waals surface area contributed by atoms with Crippen molar-refractivity contribution < 1.29 is 9.72 Å². The molecule has 0 unspecified atom stereocenters. The van der Waals surface area contributed by atoms with Crippen molar-refractivity contribution in [3.63, 3.8) is 0 Å². The van der Waals surface area contributed by atoms with Crippen molar-refractivity contribution in [3.05, 3.63) is 33.9 Å². The lowest BCUT2D eigenvalue weighted by Gasteiger charge is -2.32. The van der Waals surface area contributed by atoms with Gasteiger partial charge in [0.15, 0.2) is 0 Å². The smallest absolute Gasteiger partial charge is 0.272 e. The van der Waals surface area contributed by atoms with Crippen LogP contribution >= 0.6 is 0 Å². The van der Waals surface area contributed by atoms with Gasteiger partial charge >= 0.3 is 0 Å². The second-order valence-corrected chi connectivity index (χ2v) is 5.52. The van der Waals surface area contributed by atoms with Crippen molar-refractivity contribution >= 4 is 17.3 Å². The van der Waals surface area contributed by atoms with Gasteiger partial charge in [-0.25, -0.2) is 0 Å². The predicted octanol–water partition coefficient (Wildman–Crippen LogP) is 2.23. The van der Waals surface area contributed by atoms with Crippen LogP contribution in [0.2, 0.25) is 0 Å². The minimum atomic E-state index is -0.422. The van der Waals surface area contributed by atoms with Crippen LogP contribution in [0.15, 0.2) is 18.2 Å². The van der Waals surface area contributed by atoms with Gasteiger partial charge in [-0.1, -0.05) is 6.92 Å². The van der Waals surface area contributed by atoms with Crippen LogP contribution in [0.4, 0.5) is 11.4 Å². The van der Waals surface area contributed by atoms with E-state index in [0.29, 0.717) is 11.3 Å². The second kappa shape index (κ2) is 5.58. The molecule has 1 aromatic carbocycles. The van der Waals surface area contributed by atoms with Crippen LogP contribution in [0.25, 0.3) is 0 Å². The molecule has 0 aromatic heterocycles. The maximum atomic E-state index is 12.3. The van der Waals surface area contributed by atoms with Crippen molar-refractivity contribution in [1.29, 1.82) is 0 Å². The third kappa shape index (κ3) is 2.96. The Balaban J connectivity index is 2.12. The third-order valence-corrected chi connectivity index (χ3v) is 3.91. The van der Waals surface area contributed by atoms with Crippen LogP contribution in [0.5, 0.6) is 0 Å². The first kappa shape index (κ1) is 14.5. The largest absolute Gasteiger partial charge is 0.326 e. The number of hydrogen-bond acceptors (Lipinski definition) is 4. The molecule has 0 atom stereocenters. The highest BCUT2D eigenvalue weighted by atomic mass is 16.6. The van der Waals surface area contributed by atoms with Crippen LogP contribution in [-0.2, 0) is 4.79 Å². The Labute approximate surface area is 117 Å². The molecule has 1 heterocycles. The molecule has 1 saturated heterocycles. The average Bonchev–Trinajstić information content (AvgIpc) is 2.39. The van der Waals surface area contributed by atoms with E-state index < -0.39 is 4.92 Å². The molecule has 1 fully saturated rings. The first-order chi connectivity index (χ1) is 9.42. The number of nitrogens with zero attached hydrogens (tertiary/aromatic N) is 1. The van der Waals surface area contributed by atoms with Gasteiger partial charge in [-0.2, -0.15) is 0 Å². The van der Waals surface area contributed by atoms with Crippen LogP contribution in [0, 0.1) is 22.5 Å². The van der Waals surface area contributed by atoms with E-state index in [4.69, 9.17) is 0 Å². The molecule has 6 heteroatoms. The molecule has 108 valence electrons. The molecule has 20 heavy (non-hydrogen) atoms. The normalized spacial score (nSPS) is 17.5. The van der Waals surface area contributed by atoms with E-state index >= 15 is 0 Å². The zero-order valence-electron chi connectivity index (χ0n) is 11.7. The minimum absolute atomic E-state index is 0.0211. The summed E-state index contributed by atoms with van der Waals surface area (Å²) in [5.74, 6) is -0.0211. The van der Waals surface area contributed by atoms with Crippen LogP contribution in [0.3, 0.4) is 0 Å². The number of benzene rings is 1. The van der Waals surface area contributed by atoms with Crippen molar-refractivity contribution in [2.75, 3.05) is 18.4 Å². The summed E-state index contributed by atoms with van der Waals surface area (Å²) < 4.78 is 0. The van der Waals surface area contributed by atoms with E-state index in [-0.39, 0.29) is 17.0 Å². The Morgan fingerprint density at radius 3 is 2.60 bits per heavy atom. The molecule has 0 saturated carbocycles. The number of carbonyl (C=O) groups is 1. The highest BCUT2D eigenvalue weighted by Crippen LogP contribution is 2.30. The molecule has 1 amide bonds. The van der Waals surface area contributed by atoms with E-state index in [1.165, 1.54) is 6.07 Å². The van der Waals surface area contributed by atoms with Gasteiger partial charge in [0.05, 0.1) is 4.92 Å². The van der Waals surface area contributed by atoms with E-state index in [1.54, 1.807) is 19.1 Å². The SMILES string of the molecule is Cc1cc(NC(=O)C2(C)CCNCC2)ccc1[N+](=O)[O-]. The number of rotatable bonds is 3. The maximum Gasteiger partial charge on any atom is 0.272 e. The van der Waals surface area contributed by atoms with Crippen LogP contribution in [-0.4, -0.2) is 23.9 Å². The predicted molar refractivity (Wildman–Crippen MR) is 76.7 cm³/mol. The summed E-state index contributed by atoms with van der Waals surface area (Å²) in [6.45, 7) is 5.30. The molecule has 0 bridgehead atoms. The number of nitro benzene ring substituents is 1. The first-order valence-electron chi connectivity index (χ1n) is 6.70. The van der Waals surface area contributed by atoms with Gasteiger partial charge in [0, 0.05) is 22.7 Å². The van der Waals surface area contributed by atoms with E-state index in [0.717, 1.165) is 25.9 Å². The van der Waals surface area contributed by atoms with Gasteiger partial charge in [-0.15, -0.1) is 0 Å². The zero-order valence-corrected chi connectivity index (χ0v) is 11.7. The Morgan fingerprint density at radius 2 is 2.05 bits per heavy atom. The molecule has 0 aliphatic carbocycles. The van der Waals surface area contributed by atoms with E-state index in [9.17, 15) is 14.9 Å². The van der Waals surface area contributed by atoms with E-state index in [1.807, 2.05) is 6.92 Å². The molecule has 0 radical (unpaired) electrons. The molecule has 6 nitrogen and oxygen atoms in total. The minimum Gasteiger partial charge on any atom is -0.326 e. The van der Waals surface area contributed by atoms with Crippen molar-refractivity contribution in [3.8, 4) is 0 Å². The molecule has 1 aliphatic heterocycles. The Hall–Kier alpha value is -1.95. The molecule has 1 aromatic rings. The van der Waals surface area contributed by atoms with Gasteiger partial charge in [0.2, 0.25) is 5.91 Å². The number of hydrogen-bond donors (Lipinski definition) is 2. The van der Waals surface area contributed by atoms with Crippen LogP contribution in [0.1, 0.15) is 25.3 Å². The number of amides is 1. The van der Waals surface area contributed by atoms with Gasteiger partial charge in [0.1, 0.15) is 0 Å². The van der Waals surface area contributed by atoms with E-state index in [2.05, 4.69) is 10.6 Å². The summed E-state index contributed by atoms with van der Waals surface area (Å²) in [6, 6.07) is 4.64. The van der Waals surface area contributed by atoms with Crippen LogP contribution < -0.4 is 10.6 Å². The Morgan fingerprint density at radius 1 is 1.40 bits per heavy atom. The number of aryl methyl sites for hydroxylation is 1. The topological polar surface area (TPSA) is 84.3 Å². The summed E-state index contributed by atoms with van der Waals surface area (Å²) in [7, 11) is 0. The lowest BCUT2D eigenvalue weighted by Crippen LogP contribution is -2.42. The molecule has 0 spiro atoms. The van der Waals surface area contributed by atoms with Gasteiger partial charge in [-0.05, 0) is 45.0 Å². The van der Waals surface area contributed by atoms with Gasteiger partial charge < -0.3 is 10.6 Å². The fourth-order valence-electron chi connectivity index (χ4n) is 2.43. The number of anilines is 1. The molecule has 1 aliphatic rings. The van der Waals surface area contributed by atoms with Crippen molar-refractivity contribution in [1.82, 2.24) is 5.32 Å². The lowest BCUT2D eigenvalue weighted by molar-refractivity contribution is -0.385. The number of piperidine rings is 1. The third-order valence-electron chi connectivity index (χ3n) is 3.91.